The van der Waals surface area contributed by atoms with Crippen LogP contribution in [0.1, 0.15) is 17.9 Å². The van der Waals surface area contributed by atoms with Crippen molar-refractivity contribution in [2.24, 2.45) is 0 Å². The lowest BCUT2D eigenvalue weighted by atomic mass is 9.95. The molecule has 1 atom stereocenters. The summed E-state index contributed by atoms with van der Waals surface area (Å²) in [5.41, 5.74) is 0.914. The molecule has 1 aromatic rings. The van der Waals surface area contributed by atoms with Crippen LogP contribution < -0.4 is 0 Å². The molecule has 1 rings (SSSR count). The first-order valence-corrected chi connectivity index (χ1v) is 4.31. The van der Waals surface area contributed by atoms with Gasteiger partial charge in [0, 0.05) is 11.5 Å². The first kappa shape index (κ1) is 9.59. The van der Waals surface area contributed by atoms with Gasteiger partial charge in [-0.25, -0.2) is 0 Å². The zero-order valence-electron chi connectivity index (χ0n) is 7.61. The molecule has 0 amide bonds. The van der Waals surface area contributed by atoms with Crippen molar-refractivity contribution in [1.82, 2.24) is 0 Å². The third kappa shape index (κ3) is 2.22. The fourth-order valence-corrected chi connectivity index (χ4v) is 1.33. The van der Waals surface area contributed by atoms with E-state index in [2.05, 4.69) is 13.2 Å². The highest BCUT2D eigenvalue weighted by Gasteiger charge is 2.08. The van der Waals surface area contributed by atoms with Crippen molar-refractivity contribution >= 4 is 0 Å². The molecule has 0 heterocycles. The molecule has 1 heteroatoms. The van der Waals surface area contributed by atoms with E-state index in [0.29, 0.717) is 5.75 Å². The van der Waals surface area contributed by atoms with Gasteiger partial charge < -0.3 is 5.11 Å². The van der Waals surface area contributed by atoms with Gasteiger partial charge in [0.05, 0.1) is 0 Å². The minimum atomic E-state index is 0.165. The van der Waals surface area contributed by atoms with Crippen LogP contribution in [0, 0.1) is 0 Å². The van der Waals surface area contributed by atoms with Crippen molar-refractivity contribution in [3.05, 3.63) is 55.1 Å². The van der Waals surface area contributed by atoms with Gasteiger partial charge in [0.15, 0.2) is 0 Å². The second kappa shape index (κ2) is 4.51. The smallest absolute Gasteiger partial charge is 0.119 e. The topological polar surface area (TPSA) is 20.2 Å². The van der Waals surface area contributed by atoms with E-state index >= 15 is 0 Å². The maximum Gasteiger partial charge on any atom is 0.119 e. The number of hydrogen-bond acceptors (Lipinski definition) is 1. The Morgan fingerprint density at radius 2 is 2.00 bits per heavy atom. The molecule has 0 spiro atoms. The lowest BCUT2D eigenvalue weighted by molar-refractivity contribution is 0.465. The summed E-state index contributed by atoms with van der Waals surface area (Å²) in [6, 6.07) is 7.32. The Morgan fingerprint density at radius 1 is 1.31 bits per heavy atom. The third-order valence-corrected chi connectivity index (χ3v) is 2.04. The molecular weight excluding hydrogens is 160 g/mol. The molecule has 1 unspecified atom stereocenters. The average Bonchev–Trinajstić information content (AvgIpc) is 2.16. The van der Waals surface area contributed by atoms with Crippen molar-refractivity contribution in [2.75, 3.05) is 0 Å². The summed E-state index contributed by atoms with van der Waals surface area (Å²) in [5.74, 6) is 0.493. The van der Waals surface area contributed by atoms with Crippen LogP contribution in [0.5, 0.6) is 5.75 Å². The summed E-state index contributed by atoms with van der Waals surface area (Å²) in [6.07, 6.45) is 4.47. The Kier molecular flexibility index (Phi) is 3.32. The van der Waals surface area contributed by atoms with Crippen LogP contribution in [0.3, 0.4) is 0 Å². The highest BCUT2D eigenvalue weighted by Crippen LogP contribution is 2.28. The molecule has 0 aliphatic rings. The minimum Gasteiger partial charge on any atom is -0.508 e. The molecule has 0 aliphatic heterocycles. The number of benzene rings is 1. The minimum absolute atomic E-state index is 0.165. The van der Waals surface area contributed by atoms with E-state index in [0.717, 1.165) is 12.0 Å². The van der Waals surface area contributed by atoms with E-state index in [-0.39, 0.29) is 5.92 Å². The van der Waals surface area contributed by atoms with Crippen molar-refractivity contribution in [3.63, 3.8) is 0 Å². The van der Waals surface area contributed by atoms with Crippen molar-refractivity contribution < 1.29 is 5.11 Å². The molecule has 0 aromatic heterocycles. The Morgan fingerprint density at radius 3 is 2.54 bits per heavy atom. The molecule has 0 fully saturated rings. The van der Waals surface area contributed by atoms with Crippen LogP contribution >= 0.6 is 0 Å². The number of hydrogen-bond donors (Lipinski definition) is 1. The fraction of sp³-hybridized carbons (Fsp3) is 0.167. The first-order chi connectivity index (χ1) is 6.29. The molecule has 1 nitrogen and oxygen atoms in total. The summed E-state index contributed by atoms with van der Waals surface area (Å²) >= 11 is 0. The lowest BCUT2D eigenvalue weighted by Crippen LogP contribution is -1.93. The van der Waals surface area contributed by atoms with Gasteiger partial charge in [0.25, 0.3) is 0 Å². The first-order valence-electron chi connectivity index (χ1n) is 4.31. The molecule has 0 aliphatic carbocycles. The molecule has 0 bridgehead atoms. The second-order valence-electron chi connectivity index (χ2n) is 2.93. The number of rotatable bonds is 4. The van der Waals surface area contributed by atoms with Crippen LogP contribution in [0.4, 0.5) is 0 Å². The second-order valence-corrected chi connectivity index (χ2v) is 2.93. The van der Waals surface area contributed by atoms with E-state index in [4.69, 9.17) is 0 Å². The van der Waals surface area contributed by atoms with Crippen molar-refractivity contribution in [3.8, 4) is 5.75 Å². The number of allylic oxidation sites excluding steroid dienone is 2. The molecule has 0 radical (unpaired) electrons. The van der Waals surface area contributed by atoms with Gasteiger partial charge in [-0.2, -0.15) is 0 Å². The van der Waals surface area contributed by atoms with Crippen LogP contribution in [0.25, 0.3) is 0 Å². The predicted octanol–water partition coefficient (Wildman–Crippen LogP) is 3.24. The zero-order chi connectivity index (χ0) is 9.68. The summed E-state index contributed by atoms with van der Waals surface area (Å²) in [4.78, 5) is 0. The van der Waals surface area contributed by atoms with E-state index in [9.17, 15) is 5.11 Å². The average molecular weight is 174 g/mol. The zero-order valence-corrected chi connectivity index (χ0v) is 7.61. The van der Waals surface area contributed by atoms with Gasteiger partial charge in [0.2, 0.25) is 0 Å². The third-order valence-electron chi connectivity index (χ3n) is 2.04. The van der Waals surface area contributed by atoms with Crippen LogP contribution in [-0.2, 0) is 0 Å². The summed E-state index contributed by atoms with van der Waals surface area (Å²) in [6.45, 7) is 7.41. The van der Waals surface area contributed by atoms with Gasteiger partial charge in [-0.05, 0) is 12.5 Å². The monoisotopic (exact) mass is 174 g/mol. The Bertz CT molecular complexity index is 302. The largest absolute Gasteiger partial charge is 0.508 e. The molecule has 1 N–H and O–H groups in total. The van der Waals surface area contributed by atoms with E-state index in [1.54, 1.807) is 6.07 Å². The lowest BCUT2D eigenvalue weighted by Gasteiger charge is -2.11. The molecule has 1 aromatic carbocycles. The van der Waals surface area contributed by atoms with Crippen molar-refractivity contribution in [2.45, 2.75) is 12.3 Å². The molecule has 68 valence electrons. The maximum absolute atomic E-state index is 9.56. The Balaban J connectivity index is 2.96. The molecular formula is C12H14O. The van der Waals surface area contributed by atoms with Crippen LogP contribution in [0.15, 0.2) is 49.6 Å². The number of para-hydroxylation sites is 1. The number of phenolic OH excluding ortho intramolecular Hbond substituents is 1. The number of phenols is 1. The number of aromatic hydroxyl groups is 1. The standard InChI is InChI=1S/C12H14O/c1-3-7-10(4-2)11-8-5-6-9-12(11)13/h3-6,8-10,13H,1-2,7H2. The Hall–Kier alpha value is -1.50. The quantitative estimate of drug-likeness (QED) is 0.695. The van der Waals surface area contributed by atoms with Gasteiger partial charge in [-0.1, -0.05) is 30.4 Å². The van der Waals surface area contributed by atoms with Gasteiger partial charge in [-0.3, -0.25) is 0 Å². The van der Waals surface area contributed by atoms with E-state index < -0.39 is 0 Å². The van der Waals surface area contributed by atoms with Crippen LogP contribution in [0.2, 0.25) is 0 Å². The molecule has 13 heavy (non-hydrogen) atoms. The fourth-order valence-electron chi connectivity index (χ4n) is 1.33. The Labute approximate surface area is 79.0 Å². The highest BCUT2D eigenvalue weighted by molar-refractivity contribution is 5.37. The molecule has 0 saturated heterocycles. The molecule has 0 saturated carbocycles. The normalized spacial score (nSPS) is 12.0. The summed E-state index contributed by atoms with van der Waals surface area (Å²) in [5, 5.41) is 9.56. The van der Waals surface area contributed by atoms with Gasteiger partial charge in [0.1, 0.15) is 5.75 Å². The highest BCUT2D eigenvalue weighted by atomic mass is 16.3. The summed E-state index contributed by atoms with van der Waals surface area (Å²) < 4.78 is 0. The summed E-state index contributed by atoms with van der Waals surface area (Å²) in [7, 11) is 0. The van der Waals surface area contributed by atoms with Gasteiger partial charge >= 0.3 is 0 Å². The van der Waals surface area contributed by atoms with Crippen LogP contribution in [-0.4, -0.2) is 5.11 Å². The maximum atomic E-state index is 9.56. The SMILES string of the molecule is C=CCC(C=C)c1ccccc1O. The predicted molar refractivity (Wildman–Crippen MR) is 55.9 cm³/mol. The van der Waals surface area contributed by atoms with E-state index in [1.807, 2.05) is 30.4 Å². The van der Waals surface area contributed by atoms with E-state index in [1.165, 1.54) is 0 Å². The van der Waals surface area contributed by atoms with Crippen molar-refractivity contribution in [1.29, 1.82) is 0 Å². The van der Waals surface area contributed by atoms with Gasteiger partial charge in [-0.15, -0.1) is 13.2 Å².